The van der Waals surface area contributed by atoms with Gasteiger partial charge in [0.25, 0.3) is 5.91 Å². The van der Waals surface area contributed by atoms with Gasteiger partial charge < -0.3 is 20.1 Å². The van der Waals surface area contributed by atoms with Gasteiger partial charge in [0.15, 0.2) is 0 Å². The highest BCUT2D eigenvalue weighted by Crippen LogP contribution is 2.15. The van der Waals surface area contributed by atoms with Gasteiger partial charge in [0.2, 0.25) is 5.91 Å². The summed E-state index contributed by atoms with van der Waals surface area (Å²) in [4.78, 5) is 27.4. The third-order valence-corrected chi connectivity index (χ3v) is 5.35. The van der Waals surface area contributed by atoms with Crippen molar-refractivity contribution in [3.05, 3.63) is 53.3 Å². The molecule has 0 radical (unpaired) electrons. The number of halogens is 1. The quantitative estimate of drug-likeness (QED) is 0.778. The molecule has 6 nitrogen and oxygen atoms in total. The van der Waals surface area contributed by atoms with Crippen LogP contribution in [-0.2, 0) is 11.3 Å². The molecule has 1 saturated heterocycles. The lowest BCUT2D eigenvalue weighted by molar-refractivity contribution is -0.116. The molecule has 7 heteroatoms. The zero-order valence-corrected chi connectivity index (χ0v) is 17.1. The molecule has 1 aromatic carbocycles. The lowest BCUT2D eigenvalue weighted by atomic mass is 10.0. The van der Waals surface area contributed by atoms with E-state index in [1.54, 1.807) is 47.2 Å². The number of rotatable bonds is 6. The lowest BCUT2D eigenvalue weighted by Gasteiger charge is -2.34. The first-order valence-corrected chi connectivity index (χ1v) is 10.1. The van der Waals surface area contributed by atoms with Crippen molar-refractivity contribution in [2.75, 3.05) is 18.4 Å². The Bertz CT molecular complexity index is 808. The SMILES string of the molecule is CC(C)N1CCC(NC(=O)c2cccn2CC(=O)Nc2ccc(Cl)cc2)CC1. The largest absolute Gasteiger partial charge is 0.348 e. The van der Waals surface area contributed by atoms with Gasteiger partial charge in [0, 0.05) is 42.1 Å². The second-order valence-corrected chi connectivity index (χ2v) is 7.89. The van der Waals surface area contributed by atoms with Crippen LogP contribution in [0.25, 0.3) is 0 Å². The number of hydrogen-bond donors (Lipinski definition) is 2. The van der Waals surface area contributed by atoms with E-state index in [-0.39, 0.29) is 24.4 Å². The first kappa shape index (κ1) is 20.4. The number of amides is 2. The number of nitrogens with one attached hydrogen (secondary N) is 2. The van der Waals surface area contributed by atoms with Gasteiger partial charge in [-0.05, 0) is 63.1 Å². The third kappa shape index (κ3) is 5.36. The summed E-state index contributed by atoms with van der Waals surface area (Å²) in [5, 5.41) is 6.54. The molecule has 1 aliphatic heterocycles. The topological polar surface area (TPSA) is 66.4 Å². The van der Waals surface area contributed by atoms with Gasteiger partial charge in [-0.2, -0.15) is 0 Å². The molecule has 28 heavy (non-hydrogen) atoms. The highest BCUT2D eigenvalue weighted by molar-refractivity contribution is 6.30. The number of carbonyl (C=O) groups is 2. The molecule has 0 atom stereocenters. The first-order chi connectivity index (χ1) is 13.4. The van der Waals surface area contributed by atoms with E-state index >= 15 is 0 Å². The second kappa shape index (κ2) is 9.26. The van der Waals surface area contributed by atoms with Crippen LogP contribution < -0.4 is 10.6 Å². The number of benzene rings is 1. The molecule has 2 heterocycles. The molecule has 2 aromatic rings. The van der Waals surface area contributed by atoms with Crippen molar-refractivity contribution < 1.29 is 9.59 Å². The van der Waals surface area contributed by atoms with E-state index in [4.69, 9.17) is 11.6 Å². The van der Waals surface area contributed by atoms with Gasteiger partial charge in [0.05, 0.1) is 0 Å². The summed E-state index contributed by atoms with van der Waals surface area (Å²) in [7, 11) is 0. The number of hydrogen-bond acceptors (Lipinski definition) is 3. The molecule has 1 aliphatic rings. The summed E-state index contributed by atoms with van der Waals surface area (Å²) in [6.07, 6.45) is 3.64. The lowest BCUT2D eigenvalue weighted by Crippen LogP contribution is -2.47. The molecule has 1 fully saturated rings. The molecule has 150 valence electrons. The summed E-state index contributed by atoms with van der Waals surface area (Å²) < 4.78 is 1.67. The highest BCUT2D eigenvalue weighted by Gasteiger charge is 2.23. The zero-order chi connectivity index (χ0) is 20.1. The fourth-order valence-electron chi connectivity index (χ4n) is 3.47. The molecule has 0 bridgehead atoms. The molecule has 0 aliphatic carbocycles. The van der Waals surface area contributed by atoms with E-state index in [1.165, 1.54) is 0 Å². The smallest absolute Gasteiger partial charge is 0.268 e. The normalized spacial score (nSPS) is 15.6. The Morgan fingerprint density at radius 3 is 2.46 bits per heavy atom. The number of anilines is 1. The Hall–Kier alpha value is -2.31. The van der Waals surface area contributed by atoms with Crippen LogP contribution in [0.1, 0.15) is 37.2 Å². The van der Waals surface area contributed by atoms with Crippen molar-refractivity contribution in [1.82, 2.24) is 14.8 Å². The van der Waals surface area contributed by atoms with Gasteiger partial charge in [-0.15, -0.1) is 0 Å². The van der Waals surface area contributed by atoms with Crippen LogP contribution in [0.4, 0.5) is 5.69 Å². The average molecular weight is 403 g/mol. The zero-order valence-electron chi connectivity index (χ0n) is 16.3. The van der Waals surface area contributed by atoms with Gasteiger partial charge in [-0.3, -0.25) is 9.59 Å². The number of nitrogens with zero attached hydrogens (tertiary/aromatic N) is 2. The Labute approximate surface area is 170 Å². The molecular weight excluding hydrogens is 376 g/mol. The molecule has 3 rings (SSSR count). The van der Waals surface area contributed by atoms with Crippen LogP contribution in [0.3, 0.4) is 0 Å². The third-order valence-electron chi connectivity index (χ3n) is 5.10. The summed E-state index contributed by atoms with van der Waals surface area (Å²) in [5.74, 6) is -0.329. The van der Waals surface area contributed by atoms with Crippen molar-refractivity contribution in [3.8, 4) is 0 Å². The minimum Gasteiger partial charge on any atom is -0.348 e. The number of aromatic nitrogens is 1. The fraction of sp³-hybridized carbons (Fsp3) is 0.429. The van der Waals surface area contributed by atoms with Crippen molar-refractivity contribution in [3.63, 3.8) is 0 Å². The van der Waals surface area contributed by atoms with E-state index in [0.717, 1.165) is 25.9 Å². The Morgan fingerprint density at radius 2 is 1.82 bits per heavy atom. The average Bonchev–Trinajstić information content (AvgIpc) is 3.12. The van der Waals surface area contributed by atoms with Gasteiger partial charge in [-0.1, -0.05) is 11.6 Å². The number of carbonyl (C=O) groups excluding carboxylic acids is 2. The van der Waals surface area contributed by atoms with Gasteiger partial charge in [-0.25, -0.2) is 0 Å². The van der Waals surface area contributed by atoms with Gasteiger partial charge in [0.1, 0.15) is 12.2 Å². The van der Waals surface area contributed by atoms with E-state index in [0.29, 0.717) is 22.4 Å². The van der Waals surface area contributed by atoms with Crippen LogP contribution >= 0.6 is 11.6 Å². The van der Waals surface area contributed by atoms with E-state index in [1.807, 2.05) is 0 Å². The maximum atomic E-state index is 12.7. The van der Waals surface area contributed by atoms with Crippen LogP contribution in [0.5, 0.6) is 0 Å². The van der Waals surface area contributed by atoms with Crippen LogP contribution in [0.15, 0.2) is 42.6 Å². The van der Waals surface area contributed by atoms with Crippen molar-refractivity contribution in [1.29, 1.82) is 0 Å². The highest BCUT2D eigenvalue weighted by atomic mass is 35.5. The summed E-state index contributed by atoms with van der Waals surface area (Å²) in [5.41, 5.74) is 1.17. The van der Waals surface area contributed by atoms with Crippen molar-refractivity contribution >= 4 is 29.1 Å². The first-order valence-electron chi connectivity index (χ1n) is 9.68. The Balaban J connectivity index is 1.55. The van der Waals surface area contributed by atoms with Crippen molar-refractivity contribution in [2.45, 2.75) is 45.3 Å². The number of likely N-dealkylation sites (tertiary alicyclic amines) is 1. The summed E-state index contributed by atoms with van der Waals surface area (Å²) in [6, 6.07) is 11.2. The molecule has 0 saturated carbocycles. The molecular formula is C21H27ClN4O2. The van der Waals surface area contributed by atoms with E-state index < -0.39 is 0 Å². The Morgan fingerprint density at radius 1 is 1.14 bits per heavy atom. The second-order valence-electron chi connectivity index (χ2n) is 7.45. The summed E-state index contributed by atoms with van der Waals surface area (Å²) in [6.45, 7) is 6.45. The van der Waals surface area contributed by atoms with Crippen molar-refractivity contribution in [2.24, 2.45) is 0 Å². The number of piperidine rings is 1. The standard InChI is InChI=1S/C21H27ClN4O2/c1-15(2)25-12-9-18(10-13-25)24-21(28)19-4-3-11-26(19)14-20(27)23-17-7-5-16(22)6-8-17/h3-8,11,15,18H,9-10,12-14H2,1-2H3,(H,23,27)(H,24,28). The maximum Gasteiger partial charge on any atom is 0.268 e. The van der Waals surface area contributed by atoms with Crippen LogP contribution in [0, 0.1) is 0 Å². The predicted molar refractivity (Wildman–Crippen MR) is 112 cm³/mol. The van der Waals surface area contributed by atoms with Crippen LogP contribution in [-0.4, -0.2) is 46.5 Å². The van der Waals surface area contributed by atoms with E-state index in [9.17, 15) is 9.59 Å². The maximum absolute atomic E-state index is 12.7. The molecule has 0 spiro atoms. The minimum absolute atomic E-state index is 0.0736. The predicted octanol–water partition coefficient (Wildman–Crippen LogP) is 3.38. The molecule has 0 unspecified atom stereocenters. The molecule has 1 aromatic heterocycles. The summed E-state index contributed by atoms with van der Waals surface area (Å²) >= 11 is 5.86. The van der Waals surface area contributed by atoms with Crippen LogP contribution in [0.2, 0.25) is 5.02 Å². The monoisotopic (exact) mass is 402 g/mol. The van der Waals surface area contributed by atoms with Gasteiger partial charge >= 0.3 is 0 Å². The van der Waals surface area contributed by atoms with E-state index in [2.05, 4.69) is 29.4 Å². The Kier molecular flexibility index (Phi) is 6.75. The fourth-order valence-corrected chi connectivity index (χ4v) is 3.59. The molecule has 2 N–H and O–H groups in total. The minimum atomic E-state index is -0.196. The molecule has 2 amide bonds.